The molecule has 0 amide bonds. The molecule has 118 valence electrons. The van der Waals surface area contributed by atoms with Crippen molar-refractivity contribution in [3.8, 4) is 0 Å². The van der Waals surface area contributed by atoms with Crippen molar-refractivity contribution in [1.82, 2.24) is 10.2 Å². The first-order valence-electron chi connectivity index (χ1n) is 7.14. The highest BCUT2D eigenvalue weighted by molar-refractivity contribution is 5.28. The highest BCUT2D eigenvalue weighted by Crippen LogP contribution is 2.33. The largest absolute Gasteiger partial charge is 0.416 e. The average molecular weight is 302 g/mol. The number of nitrogens with zero attached hydrogens (tertiary/aromatic N) is 1. The number of halogens is 3. The van der Waals surface area contributed by atoms with E-state index >= 15 is 0 Å². The van der Waals surface area contributed by atoms with Crippen LogP contribution in [0.3, 0.4) is 0 Å². The molecule has 2 rings (SSSR count). The first-order chi connectivity index (χ1) is 9.97. The zero-order chi connectivity index (χ0) is 15.5. The lowest BCUT2D eigenvalue weighted by molar-refractivity contribution is -0.137. The minimum Gasteiger partial charge on any atom is -0.374 e. The predicted molar refractivity (Wildman–Crippen MR) is 75.1 cm³/mol. The van der Waals surface area contributed by atoms with E-state index in [1.54, 1.807) is 12.1 Å². The van der Waals surface area contributed by atoms with Gasteiger partial charge in [0.25, 0.3) is 0 Å². The van der Waals surface area contributed by atoms with Gasteiger partial charge < -0.3 is 10.1 Å². The van der Waals surface area contributed by atoms with Crippen LogP contribution in [0.5, 0.6) is 0 Å². The average Bonchev–Trinajstić information content (AvgIpc) is 2.46. The molecule has 1 fully saturated rings. The van der Waals surface area contributed by atoms with Gasteiger partial charge in [-0.05, 0) is 31.3 Å². The summed E-state index contributed by atoms with van der Waals surface area (Å²) in [6, 6.07) is 5.40. The van der Waals surface area contributed by atoms with Crippen LogP contribution in [0.4, 0.5) is 13.2 Å². The van der Waals surface area contributed by atoms with Crippen LogP contribution in [0.15, 0.2) is 24.3 Å². The highest BCUT2D eigenvalue weighted by atomic mass is 19.4. The molecule has 1 aromatic rings. The summed E-state index contributed by atoms with van der Waals surface area (Å²) < 4.78 is 43.8. The number of hydrogen-bond donors (Lipinski definition) is 1. The molecule has 1 aliphatic rings. The van der Waals surface area contributed by atoms with Crippen molar-refractivity contribution in [3.05, 3.63) is 35.4 Å². The number of benzene rings is 1. The summed E-state index contributed by atoms with van der Waals surface area (Å²) in [4.78, 5) is 2.24. The van der Waals surface area contributed by atoms with Crippen molar-refractivity contribution in [2.24, 2.45) is 0 Å². The molecule has 0 radical (unpaired) electrons. The summed E-state index contributed by atoms with van der Waals surface area (Å²) in [5.41, 5.74) is 0.251. The maximum Gasteiger partial charge on any atom is 0.416 e. The molecule has 3 nitrogen and oxygen atoms in total. The van der Waals surface area contributed by atoms with Gasteiger partial charge in [0.05, 0.1) is 24.3 Å². The number of nitrogens with one attached hydrogen (secondary N) is 1. The number of likely N-dealkylation sites (N-methyl/N-ethyl adjacent to an activating group) is 2. The van der Waals surface area contributed by atoms with E-state index in [1.807, 2.05) is 7.05 Å². The molecular formula is C15H21F3N2O. The minimum absolute atomic E-state index is 0.0153. The van der Waals surface area contributed by atoms with Gasteiger partial charge in [0.1, 0.15) is 0 Å². The third-order valence-electron chi connectivity index (χ3n) is 3.85. The lowest BCUT2D eigenvalue weighted by Crippen LogP contribution is -2.48. The zero-order valence-corrected chi connectivity index (χ0v) is 12.3. The first kappa shape index (κ1) is 16.3. The Morgan fingerprint density at radius 2 is 1.95 bits per heavy atom. The lowest BCUT2D eigenvalue weighted by Gasteiger charge is -2.41. The molecule has 0 aliphatic carbocycles. The van der Waals surface area contributed by atoms with Crippen LogP contribution in [0, 0.1) is 0 Å². The quantitative estimate of drug-likeness (QED) is 0.925. The topological polar surface area (TPSA) is 24.5 Å². The van der Waals surface area contributed by atoms with E-state index < -0.39 is 11.7 Å². The van der Waals surface area contributed by atoms with E-state index in [-0.39, 0.29) is 12.1 Å². The number of rotatable bonds is 4. The molecule has 2 atom stereocenters. The fourth-order valence-corrected chi connectivity index (χ4v) is 2.81. The fourth-order valence-electron chi connectivity index (χ4n) is 2.81. The van der Waals surface area contributed by atoms with Crippen LogP contribution >= 0.6 is 0 Å². The standard InChI is InChI=1S/C15H21F3N2O/c1-3-20-8-9-21-13(10-19-2)14(20)11-4-6-12(7-5-11)15(16,17)18/h4-7,13-14,19H,3,8-10H2,1-2H3. The van der Waals surface area contributed by atoms with Gasteiger partial charge in [-0.15, -0.1) is 0 Å². The van der Waals surface area contributed by atoms with Gasteiger partial charge >= 0.3 is 6.18 Å². The Morgan fingerprint density at radius 1 is 1.29 bits per heavy atom. The molecule has 0 aromatic heterocycles. The van der Waals surface area contributed by atoms with E-state index in [9.17, 15) is 13.2 Å². The van der Waals surface area contributed by atoms with Crippen LogP contribution in [0.1, 0.15) is 24.1 Å². The first-order valence-corrected chi connectivity index (χ1v) is 7.14. The van der Waals surface area contributed by atoms with Gasteiger partial charge in [0.15, 0.2) is 0 Å². The van der Waals surface area contributed by atoms with Crippen LogP contribution in [-0.2, 0) is 10.9 Å². The molecule has 1 heterocycles. The molecule has 2 unspecified atom stereocenters. The van der Waals surface area contributed by atoms with Crippen LogP contribution < -0.4 is 5.32 Å². The van der Waals surface area contributed by atoms with Crippen molar-refractivity contribution in [2.45, 2.75) is 25.2 Å². The second-order valence-corrected chi connectivity index (χ2v) is 5.16. The van der Waals surface area contributed by atoms with Gasteiger partial charge in [0.2, 0.25) is 0 Å². The number of alkyl halides is 3. The van der Waals surface area contributed by atoms with Crippen molar-refractivity contribution >= 4 is 0 Å². The Morgan fingerprint density at radius 3 is 2.48 bits per heavy atom. The van der Waals surface area contributed by atoms with E-state index in [0.29, 0.717) is 13.2 Å². The summed E-state index contributed by atoms with van der Waals surface area (Å²) in [5, 5.41) is 3.09. The molecule has 0 spiro atoms. The third kappa shape index (κ3) is 3.75. The minimum atomic E-state index is -4.30. The fraction of sp³-hybridized carbons (Fsp3) is 0.600. The van der Waals surface area contributed by atoms with Crippen LogP contribution in [-0.4, -0.2) is 44.3 Å². The molecular weight excluding hydrogens is 281 g/mol. The monoisotopic (exact) mass is 302 g/mol. The Labute approximate surface area is 123 Å². The van der Waals surface area contributed by atoms with Crippen LogP contribution in [0.25, 0.3) is 0 Å². The second-order valence-electron chi connectivity index (χ2n) is 5.16. The normalized spacial score (nSPS) is 24.2. The van der Waals surface area contributed by atoms with Crippen LogP contribution in [0.2, 0.25) is 0 Å². The summed E-state index contributed by atoms with van der Waals surface area (Å²) in [7, 11) is 1.85. The molecule has 1 aliphatic heterocycles. The van der Waals surface area contributed by atoms with E-state index in [1.165, 1.54) is 0 Å². The summed E-state index contributed by atoms with van der Waals surface area (Å²) in [6.45, 7) is 5.01. The Hall–Kier alpha value is -1.11. The highest BCUT2D eigenvalue weighted by Gasteiger charge is 2.34. The van der Waals surface area contributed by atoms with Gasteiger partial charge in [-0.3, -0.25) is 4.90 Å². The molecule has 0 bridgehead atoms. The van der Waals surface area contributed by atoms with E-state index in [4.69, 9.17) is 4.74 Å². The predicted octanol–water partition coefficient (Wildman–Crippen LogP) is 2.69. The van der Waals surface area contributed by atoms with Crippen molar-refractivity contribution in [3.63, 3.8) is 0 Å². The molecule has 0 saturated carbocycles. The SMILES string of the molecule is CCN1CCOC(CNC)C1c1ccc(C(F)(F)F)cc1. The third-order valence-corrected chi connectivity index (χ3v) is 3.85. The van der Waals surface area contributed by atoms with Crippen molar-refractivity contribution in [1.29, 1.82) is 0 Å². The van der Waals surface area contributed by atoms with Crippen molar-refractivity contribution in [2.75, 3.05) is 33.3 Å². The number of morpholine rings is 1. The van der Waals surface area contributed by atoms with Gasteiger partial charge in [-0.2, -0.15) is 13.2 Å². The summed E-state index contributed by atoms with van der Waals surface area (Å²) >= 11 is 0. The lowest BCUT2D eigenvalue weighted by atomic mass is 9.96. The molecule has 1 N–H and O–H groups in total. The smallest absolute Gasteiger partial charge is 0.374 e. The van der Waals surface area contributed by atoms with E-state index in [0.717, 1.165) is 30.8 Å². The van der Waals surface area contributed by atoms with Gasteiger partial charge in [-0.25, -0.2) is 0 Å². The molecule has 1 aromatic carbocycles. The van der Waals surface area contributed by atoms with Gasteiger partial charge in [0, 0.05) is 13.1 Å². The number of hydrogen-bond acceptors (Lipinski definition) is 3. The summed E-state index contributed by atoms with van der Waals surface area (Å²) in [6.07, 6.45) is -4.35. The Bertz CT molecular complexity index is 445. The summed E-state index contributed by atoms with van der Waals surface area (Å²) in [5.74, 6) is 0. The Kier molecular flexibility index (Phi) is 5.24. The maximum absolute atomic E-state index is 12.7. The van der Waals surface area contributed by atoms with Gasteiger partial charge in [-0.1, -0.05) is 19.1 Å². The van der Waals surface area contributed by atoms with Crippen molar-refractivity contribution < 1.29 is 17.9 Å². The maximum atomic E-state index is 12.7. The number of ether oxygens (including phenoxy) is 1. The van der Waals surface area contributed by atoms with E-state index in [2.05, 4.69) is 17.1 Å². The molecule has 6 heteroatoms. The molecule has 1 saturated heterocycles. The zero-order valence-electron chi connectivity index (χ0n) is 12.3. The molecule has 21 heavy (non-hydrogen) atoms. The second kappa shape index (κ2) is 6.77. The Balaban J connectivity index is 2.26.